The molecule has 0 radical (unpaired) electrons. The number of benzene rings is 1. The summed E-state index contributed by atoms with van der Waals surface area (Å²) in [5.74, 6) is 2.92. The topological polar surface area (TPSA) is 194 Å². The Balaban J connectivity index is 0.000000171. The molecule has 0 amide bonds. The fourth-order valence-corrected chi connectivity index (χ4v) is 6.74. The van der Waals surface area contributed by atoms with Gasteiger partial charge in [0.2, 0.25) is 6.79 Å². The number of rotatable bonds is 8. The Morgan fingerprint density at radius 3 is 2.02 bits per heavy atom. The lowest BCUT2D eigenvalue weighted by Gasteiger charge is -2.09. The number of hydrogen-bond donors (Lipinski definition) is 1. The third-order valence-corrected chi connectivity index (χ3v) is 9.30. The average molecular weight is 714 g/mol. The summed E-state index contributed by atoms with van der Waals surface area (Å²) < 4.78 is 10.8. The van der Waals surface area contributed by atoms with Crippen molar-refractivity contribution in [3.8, 4) is 34.3 Å². The van der Waals surface area contributed by atoms with Gasteiger partial charge in [0, 0.05) is 54.6 Å². The van der Waals surface area contributed by atoms with Crippen LogP contribution in [0.5, 0.6) is 11.5 Å². The van der Waals surface area contributed by atoms with E-state index < -0.39 is 9.85 Å². The summed E-state index contributed by atoms with van der Waals surface area (Å²) in [5, 5.41) is 26.6. The monoisotopic (exact) mass is 713 g/mol. The lowest BCUT2D eigenvalue weighted by atomic mass is 10.1. The van der Waals surface area contributed by atoms with Gasteiger partial charge in [0.05, 0.1) is 20.6 Å². The lowest BCUT2D eigenvalue weighted by Crippen LogP contribution is -2.07. The first kappa shape index (κ1) is 31.7. The number of nitrogens with zero attached hydrogens (tertiary/aromatic N) is 8. The Bertz CT molecular complexity index is 2340. The van der Waals surface area contributed by atoms with Crippen LogP contribution in [-0.2, 0) is 6.42 Å². The Morgan fingerprint density at radius 1 is 0.776 bits per heavy atom. The van der Waals surface area contributed by atoms with Crippen LogP contribution in [0, 0.1) is 20.2 Å². The second-order valence-electron chi connectivity index (χ2n) is 10.2. The number of hydrogen-bond acceptors (Lipinski definition) is 15. The molecule has 0 aliphatic carbocycles. The summed E-state index contributed by atoms with van der Waals surface area (Å²) in [6.45, 7) is 0.825. The van der Waals surface area contributed by atoms with Crippen LogP contribution in [0.15, 0.2) is 79.4 Å². The van der Waals surface area contributed by atoms with Gasteiger partial charge in [-0.1, -0.05) is 17.7 Å². The maximum Gasteiger partial charge on any atom is 0.326 e. The van der Waals surface area contributed by atoms with Crippen LogP contribution < -0.4 is 14.8 Å². The molecule has 0 bridgehead atoms. The number of nitro groups is 2. The highest BCUT2D eigenvalue weighted by Gasteiger charge is 2.19. The Hall–Kier alpha value is -5.91. The Morgan fingerprint density at radius 2 is 1.39 bits per heavy atom. The molecule has 0 spiro atoms. The molecule has 1 aliphatic rings. The summed E-state index contributed by atoms with van der Waals surface area (Å²) in [5.41, 5.74) is 2.54. The van der Waals surface area contributed by atoms with E-state index in [4.69, 9.17) is 21.1 Å². The van der Waals surface area contributed by atoms with Gasteiger partial charge in [-0.05, 0) is 71.1 Å². The van der Waals surface area contributed by atoms with Gasteiger partial charge in [-0.3, -0.25) is 30.2 Å². The van der Waals surface area contributed by atoms with Crippen LogP contribution in [0.2, 0.25) is 5.15 Å². The van der Waals surface area contributed by atoms with Crippen molar-refractivity contribution >= 4 is 70.5 Å². The van der Waals surface area contributed by atoms with Crippen LogP contribution in [0.3, 0.4) is 0 Å². The van der Waals surface area contributed by atoms with E-state index in [1.54, 1.807) is 43.0 Å². The molecule has 1 aliphatic heterocycles. The van der Waals surface area contributed by atoms with Crippen LogP contribution in [-0.4, -0.2) is 53.1 Å². The molecule has 8 rings (SSSR count). The number of nitrogens with one attached hydrogen (secondary N) is 1. The molecule has 1 N–H and O–H groups in total. The van der Waals surface area contributed by atoms with Crippen molar-refractivity contribution in [2.45, 2.75) is 6.42 Å². The van der Waals surface area contributed by atoms with Crippen molar-refractivity contribution in [2.24, 2.45) is 0 Å². The van der Waals surface area contributed by atoms with Crippen LogP contribution >= 0.6 is 34.3 Å². The van der Waals surface area contributed by atoms with Gasteiger partial charge in [0.1, 0.15) is 20.6 Å². The van der Waals surface area contributed by atoms with E-state index >= 15 is 0 Å². The Kier molecular flexibility index (Phi) is 8.84. The maximum absolute atomic E-state index is 11.2. The molecule has 7 aromatic rings. The predicted molar refractivity (Wildman–Crippen MR) is 184 cm³/mol. The first-order valence-corrected chi connectivity index (χ1v) is 16.3. The minimum Gasteiger partial charge on any atom is -0.454 e. The zero-order valence-electron chi connectivity index (χ0n) is 24.8. The highest BCUT2D eigenvalue weighted by molar-refractivity contribution is 7.22. The van der Waals surface area contributed by atoms with Crippen molar-refractivity contribution < 1.29 is 19.3 Å². The van der Waals surface area contributed by atoms with E-state index in [9.17, 15) is 20.2 Å². The molecule has 0 saturated carbocycles. The minimum absolute atomic E-state index is 0.00506. The number of aromatic nitrogens is 6. The van der Waals surface area contributed by atoms with Crippen LogP contribution in [0.1, 0.15) is 5.56 Å². The zero-order chi connectivity index (χ0) is 33.9. The molecular weight excluding hydrogens is 694 g/mol. The van der Waals surface area contributed by atoms with E-state index in [2.05, 4.69) is 35.2 Å². The molecule has 1 aromatic carbocycles. The molecule has 0 saturated heterocycles. The normalized spacial score (nSPS) is 11.7. The quantitative estimate of drug-likeness (QED) is 0.0933. The third kappa shape index (κ3) is 6.89. The second kappa shape index (κ2) is 13.7. The number of thiophene rings is 2. The first-order chi connectivity index (χ1) is 23.8. The minimum atomic E-state index is -0.466. The van der Waals surface area contributed by atoms with Crippen LogP contribution in [0.25, 0.3) is 43.2 Å². The predicted octanol–water partition coefficient (Wildman–Crippen LogP) is 7.36. The standard InChI is InChI=1S/C20H15N5O4S.C11H5ClN4O2S/c26-25(27)17-9-14-19(22-7-5-12-3-4-15-16(8-12)29-11-28-15)23-18(24-20(14)30-17)13-2-1-6-21-10-13;12-9-7-4-8(16(17)18)19-11(7)15-10(14-9)6-2-1-3-13-5-6/h1-4,6,8-10H,5,7,11H2,(H,22,23,24);1-5H. The van der Waals surface area contributed by atoms with Crippen LogP contribution in [0.4, 0.5) is 15.8 Å². The molecule has 244 valence electrons. The van der Waals surface area contributed by atoms with Crippen molar-refractivity contribution in [3.05, 3.63) is 110 Å². The molecule has 6 aromatic heterocycles. The Labute approximate surface area is 288 Å². The summed E-state index contributed by atoms with van der Waals surface area (Å²) in [7, 11) is 0. The average Bonchev–Trinajstić information content (AvgIpc) is 3.88. The van der Waals surface area contributed by atoms with E-state index in [0.717, 1.165) is 51.7 Å². The number of anilines is 1. The SMILES string of the molecule is O=[N+]([O-])c1cc2c(Cl)nc(-c3cccnc3)nc2s1.O=[N+]([O-])c1cc2c(NCCc3ccc4c(c3)OCO4)nc(-c3cccnc3)nc2s1. The lowest BCUT2D eigenvalue weighted by molar-refractivity contribution is -0.380. The van der Waals surface area contributed by atoms with Crippen molar-refractivity contribution in [1.29, 1.82) is 0 Å². The highest BCUT2D eigenvalue weighted by Crippen LogP contribution is 2.37. The van der Waals surface area contributed by atoms with E-state index in [1.807, 2.05) is 24.3 Å². The smallest absolute Gasteiger partial charge is 0.326 e. The summed E-state index contributed by atoms with van der Waals surface area (Å²) >= 11 is 8.05. The summed E-state index contributed by atoms with van der Waals surface area (Å²) in [6.07, 6.45) is 7.30. The van der Waals surface area contributed by atoms with Gasteiger partial charge in [0.25, 0.3) is 0 Å². The third-order valence-electron chi connectivity index (χ3n) is 7.06. The van der Waals surface area contributed by atoms with Gasteiger partial charge in [-0.25, -0.2) is 19.9 Å². The molecule has 7 heterocycles. The van der Waals surface area contributed by atoms with Gasteiger partial charge in [-0.2, -0.15) is 0 Å². The molecule has 0 fully saturated rings. The number of pyridine rings is 2. The van der Waals surface area contributed by atoms with E-state index in [1.165, 1.54) is 12.1 Å². The highest BCUT2D eigenvalue weighted by atomic mass is 35.5. The van der Waals surface area contributed by atoms with Crippen molar-refractivity contribution in [2.75, 3.05) is 18.7 Å². The zero-order valence-corrected chi connectivity index (χ0v) is 27.2. The van der Waals surface area contributed by atoms with Gasteiger partial charge in [0.15, 0.2) is 23.1 Å². The molecular formula is C31H20ClN9O6S2. The largest absolute Gasteiger partial charge is 0.454 e. The maximum atomic E-state index is 11.2. The molecule has 49 heavy (non-hydrogen) atoms. The van der Waals surface area contributed by atoms with Crippen molar-refractivity contribution in [1.82, 2.24) is 29.9 Å². The number of halogens is 1. The molecule has 0 unspecified atom stereocenters. The van der Waals surface area contributed by atoms with Gasteiger partial charge >= 0.3 is 10.0 Å². The second-order valence-corrected chi connectivity index (χ2v) is 12.6. The molecule has 15 nitrogen and oxygen atoms in total. The van der Waals surface area contributed by atoms with Crippen molar-refractivity contribution in [3.63, 3.8) is 0 Å². The number of fused-ring (bicyclic) bond motifs is 3. The fraction of sp³-hybridized carbons (Fsp3) is 0.0968. The number of ether oxygens (including phenoxy) is 2. The summed E-state index contributed by atoms with van der Waals surface area (Å²) in [6, 6.07) is 15.9. The van der Waals surface area contributed by atoms with Gasteiger partial charge < -0.3 is 14.8 Å². The van der Waals surface area contributed by atoms with Gasteiger partial charge in [-0.15, -0.1) is 0 Å². The van der Waals surface area contributed by atoms with E-state index in [0.29, 0.717) is 50.0 Å². The summed E-state index contributed by atoms with van der Waals surface area (Å²) in [4.78, 5) is 47.8. The molecule has 0 atom stereocenters. The van der Waals surface area contributed by atoms with E-state index in [-0.39, 0.29) is 21.9 Å². The first-order valence-electron chi connectivity index (χ1n) is 14.3. The fourth-order valence-electron chi connectivity index (χ4n) is 4.77. The molecule has 18 heteroatoms.